The number of amides is 1. The predicted octanol–water partition coefficient (Wildman–Crippen LogP) is 4.56. The van der Waals surface area contributed by atoms with Crippen LogP contribution in [0.25, 0.3) is 0 Å². The zero-order valence-electron chi connectivity index (χ0n) is 12.4. The number of rotatable bonds is 3. The first-order valence-electron chi connectivity index (χ1n) is 7.15. The highest BCUT2D eigenvalue weighted by Crippen LogP contribution is 2.36. The minimum absolute atomic E-state index is 0.187. The lowest BCUT2D eigenvalue weighted by Gasteiger charge is -2.26. The Hall–Kier alpha value is -1.53. The standard InChI is InChI=1S/C17H15BrFNO2S/c1-22-11-3-4-14(18)12(9-11)17(21)20-15-6-7-23-16-5-2-10(19)8-13(15)16/h2-5,8-9,15H,6-7H2,1H3,(H,20,21). The zero-order chi connectivity index (χ0) is 16.4. The number of nitrogens with one attached hydrogen (secondary N) is 1. The summed E-state index contributed by atoms with van der Waals surface area (Å²) in [6.07, 6.45) is 0.772. The van der Waals surface area contributed by atoms with Crippen molar-refractivity contribution in [2.75, 3.05) is 12.9 Å². The van der Waals surface area contributed by atoms with Crippen molar-refractivity contribution in [1.29, 1.82) is 0 Å². The number of methoxy groups -OCH3 is 1. The largest absolute Gasteiger partial charge is 0.497 e. The normalized spacial score (nSPS) is 16.6. The summed E-state index contributed by atoms with van der Waals surface area (Å²) in [5.41, 5.74) is 1.34. The summed E-state index contributed by atoms with van der Waals surface area (Å²) in [5.74, 6) is 1.02. The molecule has 6 heteroatoms. The van der Waals surface area contributed by atoms with Crippen LogP contribution in [-0.2, 0) is 0 Å². The maximum Gasteiger partial charge on any atom is 0.253 e. The number of hydrogen-bond acceptors (Lipinski definition) is 3. The second kappa shape index (κ2) is 6.93. The Bertz CT molecular complexity index is 753. The minimum Gasteiger partial charge on any atom is -0.497 e. The molecule has 23 heavy (non-hydrogen) atoms. The number of benzene rings is 2. The van der Waals surface area contributed by atoms with Crippen LogP contribution in [-0.4, -0.2) is 18.8 Å². The molecule has 1 aliphatic rings. The van der Waals surface area contributed by atoms with Gasteiger partial charge < -0.3 is 10.1 Å². The number of hydrogen-bond donors (Lipinski definition) is 1. The van der Waals surface area contributed by atoms with E-state index in [1.54, 1.807) is 43.1 Å². The molecule has 0 bridgehead atoms. The maximum absolute atomic E-state index is 13.5. The van der Waals surface area contributed by atoms with Gasteiger partial charge in [0.1, 0.15) is 11.6 Å². The molecule has 1 aliphatic heterocycles. The lowest BCUT2D eigenvalue weighted by Crippen LogP contribution is -2.31. The SMILES string of the molecule is COc1ccc(Br)c(C(=O)NC2CCSc3ccc(F)cc32)c1. The lowest BCUT2D eigenvalue weighted by atomic mass is 10.0. The molecule has 1 atom stereocenters. The van der Waals surface area contributed by atoms with Crippen molar-refractivity contribution in [1.82, 2.24) is 5.32 Å². The highest BCUT2D eigenvalue weighted by atomic mass is 79.9. The van der Waals surface area contributed by atoms with Crippen molar-refractivity contribution in [3.63, 3.8) is 0 Å². The number of carbonyl (C=O) groups excluding carboxylic acids is 1. The van der Waals surface area contributed by atoms with Crippen LogP contribution in [0.15, 0.2) is 45.8 Å². The van der Waals surface area contributed by atoms with Gasteiger partial charge in [0.05, 0.1) is 18.7 Å². The fraction of sp³-hybridized carbons (Fsp3) is 0.235. The lowest BCUT2D eigenvalue weighted by molar-refractivity contribution is 0.0933. The van der Waals surface area contributed by atoms with E-state index in [2.05, 4.69) is 21.2 Å². The van der Waals surface area contributed by atoms with Crippen LogP contribution in [0.3, 0.4) is 0 Å². The van der Waals surface area contributed by atoms with E-state index in [1.807, 2.05) is 0 Å². The Kier molecular flexibility index (Phi) is 4.92. The van der Waals surface area contributed by atoms with Crippen LogP contribution in [0.4, 0.5) is 4.39 Å². The molecule has 0 aromatic heterocycles. The first-order chi connectivity index (χ1) is 11.1. The molecule has 0 radical (unpaired) electrons. The van der Waals surface area contributed by atoms with Gasteiger partial charge in [-0.3, -0.25) is 4.79 Å². The van der Waals surface area contributed by atoms with E-state index in [4.69, 9.17) is 4.74 Å². The molecule has 0 saturated carbocycles. The van der Waals surface area contributed by atoms with Gasteiger partial charge >= 0.3 is 0 Å². The smallest absolute Gasteiger partial charge is 0.253 e. The van der Waals surface area contributed by atoms with E-state index < -0.39 is 0 Å². The molecule has 1 unspecified atom stereocenters. The fourth-order valence-electron chi connectivity index (χ4n) is 2.56. The first-order valence-corrected chi connectivity index (χ1v) is 8.93. The van der Waals surface area contributed by atoms with Crippen LogP contribution in [0.2, 0.25) is 0 Å². The monoisotopic (exact) mass is 395 g/mol. The number of ether oxygens (including phenoxy) is 1. The number of thioether (sulfide) groups is 1. The molecular formula is C17H15BrFNO2S. The van der Waals surface area contributed by atoms with Crippen LogP contribution < -0.4 is 10.1 Å². The van der Waals surface area contributed by atoms with E-state index in [1.165, 1.54) is 12.1 Å². The molecule has 1 amide bonds. The summed E-state index contributed by atoms with van der Waals surface area (Å²) in [4.78, 5) is 13.6. The molecule has 0 spiro atoms. The maximum atomic E-state index is 13.5. The Labute approximate surface area is 146 Å². The highest BCUT2D eigenvalue weighted by molar-refractivity contribution is 9.10. The van der Waals surface area contributed by atoms with Gasteiger partial charge in [0.2, 0.25) is 0 Å². The van der Waals surface area contributed by atoms with Crippen molar-refractivity contribution >= 4 is 33.6 Å². The summed E-state index contributed by atoms with van der Waals surface area (Å²) in [6, 6.07) is 9.79. The van der Waals surface area contributed by atoms with Crippen molar-refractivity contribution in [2.24, 2.45) is 0 Å². The van der Waals surface area contributed by atoms with Crippen molar-refractivity contribution < 1.29 is 13.9 Å². The van der Waals surface area contributed by atoms with Crippen LogP contribution >= 0.6 is 27.7 Å². The molecule has 1 heterocycles. The van der Waals surface area contributed by atoms with Gasteiger partial charge in [-0.15, -0.1) is 11.8 Å². The van der Waals surface area contributed by atoms with Crippen molar-refractivity contribution in [3.8, 4) is 5.75 Å². The van der Waals surface area contributed by atoms with E-state index in [0.717, 1.165) is 22.6 Å². The fourth-order valence-corrected chi connectivity index (χ4v) is 4.09. The van der Waals surface area contributed by atoms with Crippen molar-refractivity contribution in [2.45, 2.75) is 17.4 Å². The van der Waals surface area contributed by atoms with Gasteiger partial charge in [-0.25, -0.2) is 4.39 Å². The van der Waals surface area contributed by atoms with E-state index >= 15 is 0 Å². The van der Waals surface area contributed by atoms with Gasteiger partial charge in [0, 0.05) is 15.1 Å². The second-order valence-corrected chi connectivity index (χ2v) is 7.18. The molecule has 3 rings (SSSR count). The first kappa shape index (κ1) is 16.3. The second-order valence-electron chi connectivity index (χ2n) is 5.19. The average Bonchev–Trinajstić information content (AvgIpc) is 2.55. The molecule has 0 aliphatic carbocycles. The third-order valence-corrected chi connectivity index (χ3v) is 5.55. The Morgan fingerprint density at radius 2 is 2.17 bits per heavy atom. The molecule has 2 aromatic carbocycles. The molecule has 1 N–H and O–H groups in total. The molecule has 3 nitrogen and oxygen atoms in total. The third kappa shape index (κ3) is 3.53. The molecular weight excluding hydrogens is 381 g/mol. The summed E-state index contributed by atoms with van der Waals surface area (Å²) in [5, 5.41) is 3.01. The molecule has 0 saturated heterocycles. The van der Waals surface area contributed by atoms with Crippen LogP contribution in [0, 0.1) is 5.82 Å². The number of halogens is 2. The van der Waals surface area contributed by atoms with Gasteiger partial charge in [-0.2, -0.15) is 0 Å². The summed E-state index contributed by atoms with van der Waals surface area (Å²) in [6.45, 7) is 0. The van der Waals surface area contributed by atoms with E-state index in [-0.39, 0.29) is 17.8 Å². The minimum atomic E-state index is -0.284. The average molecular weight is 396 g/mol. The van der Waals surface area contributed by atoms with Gasteiger partial charge in [-0.1, -0.05) is 0 Å². The van der Waals surface area contributed by atoms with Crippen LogP contribution in [0.1, 0.15) is 28.4 Å². The van der Waals surface area contributed by atoms with Gasteiger partial charge in [0.15, 0.2) is 0 Å². The number of fused-ring (bicyclic) bond motifs is 1. The van der Waals surface area contributed by atoms with Gasteiger partial charge in [0.25, 0.3) is 5.91 Å². The van der Waals surface area contributed by atoms with E-state index in [9.17, 15) is 9.18 Å². The molecule has 2 aromatic rings. The highest BCUT2D eigenvalue weighted by Gasteiger charge is 2.24. The quantitative estimate of drug-likeness (QED) is 0.827. The topological polar surface area (TPSA) is 38.3 Å². The third-order valence-electron chi connectivity index (χ3n) is 3.73. The summed E-state index contributed by atoms with van der Waals surface area (Å²) < 4.78 is 19.4. The predicted molar refractivity (Wildman–Crippen MR) is 92.6 cm³/mol. The van der Waals surface area contributed by atoms with Crippen molar-refractivity contribution in [3.05, 3.63) is 57.8 Å². The van der Waals surface area contributed by atoms with E-state index in [0.29, 0.717) is 15.8 Å². The Balaban J connectivity index is 1.86. The molecule has 0 fully saturated rings. The number of carbonyl (C=O) groups is 1. The zero-order valence-corrected chi connectivity index (χ0v) is 14.8. The summed E-state index contributed by atoms with van der Waals surface area (Å²) >= 11 is 5.07. The Morgan fingerprint density at radius 3 is 2.96 bits per heavy atom. The van der Waals surface area contributed by atoms with Crippen LogP contribution in [0.5, 0.6) is 5.75 Å². The summed E-state index contributed by atoms with van der Waals surface area (Å²) in [7, 11) is 1.56. The molecule has 120 valence electrons. The van der Waals surface area contributed by atoms with Gasteiger partial charge in [-0.05, 0) is 64.3 Å². The Morgan fingerprint density at radius 1 is 1.35 bits per heavy atom.